The van der Waals surface area contributed by atoms with Gasteiger partial charge in [0.1, 0.15) is 18.2 Å². The van der Waals surface area contributed by atoms with Gasteiger partial charge < -0.3 is 18.6 Å². The molecule has 1 saturated heterocycles. The third-order valence-electron chi connectivity index (χ3n) is 7.19. The monoisotopic (exact) mass is 578 g/mol. The van der Waals surface area contributed by atoms with Crippen LogP contribution in [0.2, 0.25) is 0 Å². The fourth-order valence-corrected chi connectivity index (χ4v) is 5.48. The molecule has 0 saturated carbocycles. The number of nitrogens with two attached hydrogens (primary N) is 1. The van der Waals surface area contributed by atoms with Gasteiger partial charge in [-0.25, -0.2) is 22.9 Å². The second-order valence-corrected chi connectivity index (χ2v) is 11.3. The molecule has 0 bridgehead atoms. The summed E-state index contributed by atoms with van der Waals surface area (Å²) in [7, 11) is -2.16. The zero-order valence-corrected chi connectivity index (χ0v) is 23.4. The van der Waals surface area contributed by atoms with E-state index in [1.807, 2.05) is 42.5 Å². The second-order valence-electron chi connectivity index (χ2n) is 9.78. The summed E-state index contributed by atoms with van der Waals surface area (Å²) in [5.74, 6) is 0.753. The molecule has 214 valence electrons. The Labute approximate surface area is 238 Å². The van der Waals surface area contributed by atoms with E-state index in [4.69, 9.17) is 23.8 Å². The van der Waals surface area contributed by atoms with Crippen molar-refractivity contribution < 1.29 is 31.4 Å². The quantitative estimate of drug-likeness (QED) is 0.244. The summed E-state index contributed by atoms with van der Waals surface area (Å²) in [6.07, 6.45) is 4.89. The van der Waals surface area contributed by atoms with Gasteiger partial charge in [-0.05, 0) is 59.7 Å². The molecule has 1 aliphatic heterocycles. The third-order valence-corrected chi connectivity index (χ3v) is 8.12. The zero-order chi connectivity index (χ0) is 28.9. The van der Waals surface area contributed by atoms with E-state index in [-0.39, 0.29) is 17.3 Å². The predicted octanol–water partition coefficient (Wildman–Crippen LogP) is 5.58. The number of hydrogen-bond acceptors (Lipinski definition) is 7. The summed E-state index contributed by atoms with van der Waals surface area (Å²) in [6, 6.07) is 20.6. The van der Waals surface area contributed by atoms with Gasteiger partial charge in [-0.2, -0.15) is 0 Å². The van der Waals surface area contributed by atoms with Gasteiger partial charge >= 0.3 is 0 Å². The highest BCUT2D eigenvalue weighted by atomic mass is 32.2. The van der Waals surface area contributed by atoms with E-state index in [0.29, 0.717) is 60.8 Å². The third kappa shape index (κ3) is 6.74. The van der Waals surface area contributed by atoms with Crippen LogP contribution in [0.3, 0.4) is 0 Å². The molecule has 0 atom stereocenters. The Morgan fingerprint density at radius 1 is 1.07 bits per heavy atom. The molecule has 3 aromatic carbocycles. The van der Waals surface area contributed by atoms with Gasteiger partial charge in [0, 0.05) is 50.7 Å². The maximum absolute atomic E-state index is 14.8. The highest BCUT2D eigenvalue weighted by molar-refractivity contribution is 7.89. The number of sulfonamides is 1. The molecule has 0 amide bonds. The van der Waals surface area contributed by atoms with Crippen molar-refractivity contribution >= 4 is 15.8 Å². The van der Waals surface area contributed by atoms with Crippen LogP contribution in [-0.2, 0) is 42.9 Å². The number of hydrogen-bond donors (Lipinski definition) is 1. The Morgan fingerprint density at radius 2 is 1.80 bits per heavy atom. The van der Waals surface area contributed by atoms with E-state index in [2.05, 4.69) is 4.98 Å². The van der Waals surface area contributed by atoms with Crippen molar-refractivity contribution in [2.75, 3.05) is 20.3 Å². The van der Waals surface area contributed by atoms with Gasteiger partial charge in [0.15, 0.2) is 12.2 Å². The Hall–Kier alpha value is -3.83. The van der Waals surface area contributed by atoms with Gasteiger partial charge in [0.05, 0.1) is 16.2 Å². The molecule has 5 rings (SSSR count). The van der Waals surface area contributed by atoms with Crippen LogP contribution >= 0.6 is 0 Å². The highest BCUT2D eigenvalue weighted by Gasteiger charge is 2.35. The molecule has 1 aliphatic rings. The number of oxazole rings is 1. The number of nitrogens with zero attached hydrogens (tertiary/aromatic N) is 1. The van der Waals surface area contributed by atoms with Gasteiger partial charge in [0.25, 0.3) is 0 Å². The van der Waals surface area contributed by atoms with Crippen LogP contribution in [0.25, 0.3) is 17.1 Å². The maximum atomic E-state index is 14.8. The fraction of sp³-hybridized carbons (Fsp3) is 0.258. The zero-order valence-electron chi connectivity index (χ0n) is 22.6. The van der Waals surface area contributed by atoms with Crippen molar-refractivity contribution in [2.45, 2.75) is 36.4 Å². The lowest BCUT2D eigenvalue weighted by molar-refractivity contribution is -0.0949. The summed E-state index contributed by atoms with van der Waals surface area (Å²) in [6.45, 7) is 1.25. The molecule has 8 nitrogen and oxygen atoms in total. The van der Waals surface area contributed by atoms with E-state index >= 15 is 0 Å². The number of allylic oxidation sites excluding steroid dienone is 1. The number of methoxy groups -OCH3 is 1. The lowest BCUT2D eigenvalue weighted by Gasteiger charge is -2.36. The van der Waals surface area contributed by atoms with E-state index in [1.54, 1.807) is 19.2 Å². The van der Waals surface area contributed by atoms with Gasteiger partial charge in [0.2, 0.25) is 10.0 Å². The van der Waals surface area contributed by atoms with E-state index in [0.717, 1.165) is 11.1 Å². The number of aromatic nitrogens is 1. The number of primary sulfonamides is 1. The lowest BCUT2D eigenvalue weighted by atomic mass is 9.85. The van der Waals surface area contributed by atoms with Crippen molar-refractivity contribution in [1.82, 2.24) is 4.98 Å². The van der Waals surface area contributed by atoms with E-state index in [1.165, 1.54) is 30.7 Å². The molecule has 41 heavy (non-hydrogen) atoms. The van der Waals surface area contributed by atoms with Crippen LogP contribution in [-0.4, -0.2) is 33.7 Å². The van der Waals surface area contributed by atoms with Gasteiger partial charge in [-0.15, -0.1) is 0 Å². The smallest absolute Gasteiger partial charge is 0.238 e. The van der Waals surface area contributed by atoms with Crippen LogP contribution < -0.4 is 5.14 Å². The van der Waals surface area contributed by atoms with E-state index in [9.17, 15) is 12.8 Å². The molecule has 0 unspecified atom stereocenters. The van der Waals surface area contributed by atoms with Crippen molar-refractivity contribution in [3.8, 4) is 11.3 Å². The molecule has 4 aromatic rings. The first-order valence-electron chi connectivity index (χ1n) is 13.1. The van der Waals surface area contributed by atoms with E-state index < -0.39 is 15.6 Å². The normalized spacial score (nSPS) is 15.5. The van der Waals surface area contributed by atoms with Crippen molar-refractivity contribution in [2.24, 2.45) is 5.14 Å². The minimum Gasteiger partial charge on any atom is -0.489 e. The Balaban J connectivity index is 1.38. The minimum absolute atomic E-state index is 0.00993. The van der Waals surface area contributed by atoms with Gasteiger partial charge in [-0.1, -0.05) is 30.3 Å². The molecule has 0 aliphatic carbocycles. The second kappa shape index (κ2) is 12.4. The summed E-state index contributed by atoms with van der Waals surface area (Å²) in [4.78, 5) is 4.37. The minimum atomic E-state index is -3.81. The molecule has 1 aromatic heterocycles. The van der Waals surface area contributed by atoms with Crippen molar-refractivity contribution in [3.05, 3.63) is 113 Å². The predicted molar refractivity (Wildman–Crippen MR) is 151 cm³/mol. The standard InChI is InChI=1S/C31H31FN2O6S/c1-37-31(13-15-38-16-14-31)25-17-22(18-26(32)19-25)20-39-29(23-5-3-2-4-6-23)12-11-28-30(40-21-34-28)24-7-9-27(10-8-24)41(33,35)36/h2-10,12,17-19,21H,11,13-16,20H2,1H3,(H2,33,35,36)/b29-12-. The molecule has 10 heteroatoms. The van der Waals surface area contributed by atoms with Crippen molar-refractivity contribution in [1.29, 1.82) is 0 Å². The number of rotatable bonds is 10. The van der Waals surface area contributed by atoms with Crippen LogP contribution in [0.4, 0.5) is 4.39 Å². The number of benzene rings is 3. The first-order valence-corrected chi connectivity index (χ1v) is 14.7. The lowest BCUT2D eigenvalue weighted by Crippen LogP contribution is -2.35. The fourth-order valence-electron chi connectivity index (χ4n) is 4.97. The first-order chi connectivity index (χ1) is 19.8. The molecular weight excluding hydrogens is 547 g/mol. The summed E-state index contributed by atoms with van der Waals surface area (Å²) < 4.78 is 61.2. The summed E-state index contributed by atoms with van der Waals surface area (Å²) in [5.41, 5.74) is 3.01. The molecule has 1 fully saturated rings. The average Bonchev–Trinajstić information content (AvgIpc) is 3.46. The Kier molecular flexibility index (Phi) is 8.65. The summed E-state index contributed by atoms with van der Waals surface area (Å²) in [5, 5.41) is 5.21. The maximum Gasteiger partial charge on any atom is 0.238 e. The summed E-state index contributed by atoms with van der Waals surface area (Å²) >= 11 is 0. The average molecular weight is 579 g/mol. The van der Waals surface area contributed by atoms with Crippen LogP contribution in [0.5, 0.6) is 0 Å². The first kappa shape index (κ1) is 28.7. The topological polar surface area (TPSA) is 114 Å². The molecule has 2 N–H and O–H groups in total. The molecule has 0 radical (unpaired) electrons. The van der Waals surface area contributed by atoms with Crippen molar-refractivity contribution in [3.63, 3.8) is 0 Å². The Morgan fingerprint density at radius 3 is 2.49 bits per heavy atom. The largest absolute Gasteiger partial charge is 0.489 e. The number of halogens is 1. The Bertz CT molecular complexity index is 1610. The van der Waals surface area contributed by atoms with Gasteiger partial charge in [-0.3, -0.25) is 0 Å². The molecule has 2 heterocycles. The molecule has 0 spiro atoms. The van der Waals surface area contributed by atoms with Crippen LogP contribution in [0, 0.1) is 5.82 Å². The van der Waals surface area contributed by atoms with Crippen LogP contribution in [0.15, 0.2) is 94.6 Å². The SMILES string of the molecule is COC1(c2cc(F)cc(CO/C(=C\Cc3ncoc3-c3ccc(S(N)(=O)=O)cc3)c3ccccc3)c2)CCOCC1. The molecular formula is C31H31FN2O6S. The van der Waals surface area contributed by atoms with Crippen LogP contribution in [0.1, 0.15) is 35.2 Å². The highest BCUT2D eigenvalue weighted by Crippen LogP contribution is 2.36. The number of ether oxygens (including phenoxy) is 3.